The number of aromatic nitrogens is 1. The van der Waals surface area contributed by atoms with Crippen molar-refractivity contribution in [3.8, 4) is 0 Å². The molecule has 1 aromatic carbocycles. The molecule has 0 saturated heterocycles. The van der Waals surface area contributed by atoms with E-state index >= 15 is 0 Å². The van der Waals surface area contributed by atoms with Gasteiger partial charge < -0.3 is 5.73 Å². The molecule has 3 N–H and O–H groups in total. The quantitative estimate of drug-likeness (QED) is 0.842. The summed E-state index contributed by atoms with van der Waals surface area (Å²) in [6, 6.07) is 9.56. The molecule has 0 radical (unpaired) electrons. The molecule has 0 aliphatic heterocycles. The first kappa shape index (κ1) is 14.4. The fourth-order valence-corrected chi connectivity index (χ4v) is 3.24. The lowest BCUT2D eigenvalue weighted by Crippen LogP contribution is -2.19. The molecule has 2 aromatic rings. The zero-order valence-electron chi connectivity index (χ0n) is 10.7. The number of thiocarbonyl (C=S) groups is 1. The lowest BCUT2D eigenvalue weighted by molar-refractivity contribution is 0.601. The van der Waals surface area contributed by atoms with Crippen LogP contribution >= 0.6 is 12.2 Å². The average molecular weight is 307 g/mol. The second-order valence-corrected chi connectivity index (χ2v) is 6.24. The normalized spacial score (nSPS) is 11.1. The Morgan fingerprint density at radius 2 is 2.00 bits per heavy atom. The predicted octanol–water partition coefficient (Wildman–Crippen LogP) is 1.83. The lowest BCUT2D eigenvalue weighted by Gasteiger charge is -2.11. The van der Waals surface area contributed by atoms with Gasteiger partial charge in [-0.05, 0) is 25.1 Å². The maximum atomic E-state index is 12.4. The van der Waals surface area contributed by atoms with Gasteiger partial charge in [-0.1, -0.05) is 30.4 Å². The second kappa shape index (κ2) is 5.56. The Kier molecular flexibility index (Phi) is 4.01. The number of rotatable bonds is 4. The molecule has 104 valence electrons. The van der Waals surface area contributed by atoms with Crippen LogP contribution in [0.4, 0.5) is 5.69 Å². The molecule has 0 saturated carbocycles. The number of nitrogens with one attached hydrogen (secondary N) is 1. The Hall–Kier alpha value is -1.99. The van der Waals surface area contributed by atoms with Crippen LogP contribution in [0.2, 0.25) is 0 Å². The molecular weight excluding hydrogens is 294 g/mol. The zero-order valence-corrected chi connectivity index (χ0v) is 12.3. The van der Waals surface area contributed by atoms with Crippen LogP contribution < -0.4 is 10.5 Å². The molecule has 1 aromatic heterocycles. The minimum absolute atomic E-state index is 0.0388. The number of nitrogens with zero attached hydrogens (tertiary/aromatic N) is 1. The fourth-order valence-electron chi connectivity index (χ4n) is 1.72. The van der Waals surface area contributed by atoms with E-state index in [1.807, 2.05) is 0 Å². The van der Waals surface area contributed by atoms with E-state index in [1.54, 1.807) is 37.3 Å². The van der Waals surface area contributed by atoms with Crippen LogP contribution in [0, 0.1) is 6.92 Å². The summed E-state index contributed by atoms with van der Waals surface area (Å²) >= 11 is 4.88. The Morgan fingerprint density at radius 3 is 2.65 bits per heavy atom. The second-order valence-electron chi connectivity index (χ2n) is 4.15. The maximum Gasteiger partial charge on any atom is 0.262 e. The van der Waals surface area contributed by atoms with E-state index in [1.165, 1.54) is 12.3 Å². The molecule has 0 atom stereocenters. The molecule has 0 spiro atoms. The van der Waals surface area contributed by atoms with Gasteiger partial charge >= 0.3 is 0 Å². The number of benzene rings is 1. The van der Waals surface area contributed by atoms with Crippen molar-refractivity contribution in [3.05, 3.63) is 53.9 Å². The highest BCUT2D eigenvalue weighted by Gasteiger charge is 2.19. The van der Waals surface area contributed by atoms with Crippen molar-refractivity contribution in [2.75, 3.05) is 4.72 Å². The highest BCUT2D eigenvalue weighted by Crippen LogP contribution is 2.19. The molecule has 20 heavy (non-hydrogen) atoms. The Morgan fingerprint density at radius 1 is 1.30 bits per heavy atom. The first-order chi connectivity index (χ1) is 9.40. The molecule has 0 bridgehead atoms. The van der Waals surface area contributed by atoms with Crippen LogP contribution in [0.3, 0.4) is 0 Å². The van der Waals surface area contributed by atoms with Crippen molar-refractivity contribution in [1.82, 2.24) is 4.98 Å². The summed E-state index contributed by atoms with van der Waals surface area (Å²) in [7, 11) is -3.75. The number of hydrogen-bond acceptors (Lipinski definition) is 4. The molecule has 0 amide bonds. The van der Waals surface area contributed by atoms with Gasteiger partial charge in [-0.15, -0.1) is 0 Å². The monoisotopic (exact) mass is 307 g/mol. The van der Waals surface area contributed by atoms with Gasteiger partial charge in [0.05, 0.1) is 10.6 Å². The first-order valence-electron chi connectivity index (χ1n) is 5.74. The Bertz CT molecular complexity index is 758. The van der Waals surface area contributed by atoms with E-state index in [0.29, 0.717) is 16.9 Å². The van der Waals surface area contributed by atoms with Gasteiger partial charge in [0.15, 0.2) is 0 Å². The third-order valence-corrected chi connectivity index (χ3v) is 4.25. The molecule has 2 rings (SSSR count). The molecular formula is C13H13N3O2S2. The number of pyridine rings is 1. The minimum Gasteiger partial charge on any atom is -0.389 e. The minimum atomic E-state index is -3.75. The molecule has 5 nitrogen and oxygen atoms in total. The van der Waals surface area contributed by atoms with E-state index in [-0.39, 0.29) is 9.88 Å². The van der Waals surface area contributed by atoms with Crippen molar-refractivity contribution in [2.24, 2.45) is 5.73 Å². The standard InChI is InChI=1S/C13H13N3O2S2/c1-9-8-10(6-7-15-9)16-20(17,18)12-5-3-2-4-11(12)13(14)19/h2-8H,1H3,(H2,14,19)(H,15,16). The SMILES string of the molecule is Cc1cc(NS(=O)(=O)c2ccccc2C(N)=S)ccn1. The first-order valence-corrected chi connectivity index (χ1v) is 7.63. The van der Waals surface area contributed by atoms with E-state index in [0.717, 1.165) is 0 Å². The van der Waals surface area contributed by atoms with Crippen molar-refractivity contribution in [2.45, 2.75) is 11.8 Å². The van der Waals surface area contributed by atoms with Gasteiger partial charge in [0.2, 0.25) is 0 Å². The molecule has 0 unspecified atom stereocenters. The molecule has 0 aliphatic carbocycles. The van der Waals surface area contributed by atoms with Gasteiger partial charge in [-0.25, -0.2) is 8.42 Å². The summed E-state index contributed by atoms with van der Waals surface area (Å²) in [5, 5.41) is 0. The van der Waals surface area contributed by atoms with Gasteiger partial charge in [-0.3, -0.25) is 9.71 Å². The summed E-state index contributed by atoms with van der Waals surface area (Å²) in [5.74, 6) is 0. The fraction of sp³-hybridized carbons (Fsp3) is 0.0769. The van der Waals surface area contributed by atoms with Gasteiger partial charge in [0, 0.05) is 17.5 Å². The van der Waals surface area contributed by atoms with E-state index in [9.17, 15) is 8.42 Å². The summed E-state index contributed by atoms with van der Waals surface area (Å²) in [5.41, 5.74) is 7.03. The van der Waals surface area contributed by atoms with Crippen LogP contribution in [0.5, 0.6) is 0 Å². The van der Waals surface area contributed by atoms with Crippen molar-refractivity contribution >= 4 is 32.9 Å². The smallest absolute Gasteiger partial charge is 0.262 e. The van der Waals surface area contributed by atoms with Crippen LogP contribution in [-0.4, -0.2) is 18.4 Å². The zero-order chi connectivity index (χ0) is 14.8. The van der Waals surface area contributed by atoms with Crippen LogP contribution in [-0.2, 0) is 10.0 Å². The third kappa shape index (κ3) is 3.12. The summed E-state index contributed by atoms with van der Waals surface area (Å²) < 4.78 is 27.3. The number of hydrogen-bond donors (Lipinski definition) is 2. The van der Waals surface area contributed by atoms with Crippen LogP contribution in [0.15, 0.2) is 47.5 Å². The largest absolute Gasteiger partial charge is 0.389 e. The molecule has 7 heteroatoms. The molecule has 1 heterocycles. The predicted molar refractivity (Wildman–Crippen MR) is 82.1 cm³/mol. The van der Waals surface area contributed by atoms with Crippen LogP contribution in [0.25, 0.3) is 0 Å². The summed E-state index contributed by atoms with van der Waals surface area (Å²) in [6.07, 6.45) is 1.53. The summed E-state index contributed by atoms with van der Waals surface area (Å²) in [4.78, 5) is 4.11. The Labute approximate surface area is 122 Å². The Balaban J connectivity index is 2.44. The van der Waals surface area contributed by atoms with E-state index in [4.69, 9.17) is 18.0 Å². The maximum absolute atomic E-state index is 12.4. The van der Waals surface area contributed by atoms with Gasteiger partial charge in [-0.2, -0.15) is 0 Å². The summed E-state index contributed by atoms with van der Waals surface area (Å²) in [6.45, 7) is 1.78. The molecule has 0 aliphatic rings. The number of aryl methyl sites for hydroxylation is 1. The average Bonchev–Trinajstić information content (AvgIpc) is 2.38. The number of nitrogens with two attached hydrogens (primary N) is 1. The number of sulfonamides is 1. The topological polar surface area (TPSA) is 85.1 Å². The van der Waals surface area contributed by atoms with Crippen molar-refractivity contribution in [3.63, 3.8) is 0 Å². The molecule has 0 fully saturated rings. The van der Waals surface area contributed by atoms with Crippen molar-refractivity contribution < 1.29 is 8.42 Å². The van der Waals surface area contributed by atoms with E-state index in [2.05, 4.69) is 9.71 Å². The lowest BCUT2D eigenvalue weighted by atomic mass is 10.2. The van der Waals surface area contributed by atoms with Gasteiger partial charge in [0.1, 0.15) is 4.99 Å². The van der Waals surface area contributed by atoms with Crippen LogP contribution in [0.1, 0.15) is 11.3 Å². The van der Waals surface area contributed by atoms with Gasteiger partial charge in [0.25, 0.3) is 10.0 Å². The highest BCUT2D eigenvalue weighted by molar-refractivity contribution is 7.93. The van der Waals surface area contributed by atoms with Crippen molar-refractivity contribution in [1.29, 1.82) is 0 Å². The third-order valence-electron chi connectivity index (χ3n) is 2.59. The number of anilines is 1. The van der Waals surface area contributed by atoms with E-state index < -0.39 is 10.0 Å². The highest BCUT2D eigenvalue weighted by atomic mass is 32.2.